The number of nitrogens with two attached hydrogens (primary N) is 1. The number of aryl methyl sites for hydroxylation is 1. The van der Waals surface area contributed by atoms with Gasteiger partial charge in [-0.05, 0) is 25.1 Å². The number of methoxy groups -OCH3 is 1. The van der Waals surface area contributed by atoms with Crippen LogP contribution in [0, 0.1) is 6.92 Å². The predicted molar refractivity (Wildman–Crippen MR) is 61.4 cm³/mol. The number of benzene rings is 1. The Labute approximate surface area is 87.7 Å². The van der Waals surface area contributed by atoms with E-state index in [4.69, 9.17) is 10.6 Å². The number of ether oxygens (including phenoxy) is 1. The summed E-state index contributed by atoms with van der Waals surface area (Å²) in [4.78, 5) is 3.26. The van der Waals surface area contributed by atoms with Gasteiger partial charge in [0.25, 0.3) is 0 Å². The van der Waals surface area contributed by atoms with Crippen LogP contribution in [0.15, 0.2) is 23.3 Å². The Morgan fingerprint density at radius 3 is 2.93 bits per heavy atom. The van der Waals surface area contributed by atoms with Crippen molar-refractivity contribution in [3.8, 4) is 5.75 Å². The molecule has 0 saturated heterocycles. The van der Waals surface area contributed by atoms with Crippen LogP contribution in [0.4, 0.5) is 0 Å². The number of aromatic amines is 1. The third-order valence-corrected chi connectivity index (χ3v) is 2.45. The molecule has 2 rings (SSSR count). The van der Waals surface area contributed by atoms with E-state index in [9.17, 15) is 0 Å². The Morgan fingerprint density at radius 2 is 2.27 bits per heavy atom. The number of nitrogens with zero attached hydrogens (tertiary/aromatic N) is 1. The van der Waals surface area contributed by atoms with E-state index in [0.717, 1.165) is 27.9 Å². The van der Waals surface area contributed by atoms with Gasteiger partial charge in [-0.15, -0.1) is 0 Å². The van der Waals surface area contributed by atoms with Crippen LogP contribution in [-0.2, 0) is 0 Å². The zero-order chi connectivity index (χ0) is 10.8. The maximum Gasteiger partial charge on any atom is 0.119 e. The highest BCUT2D eigenvalue weighted by Crippen LogP contribution is 2.24. The van der Waals surface area contributed by atoms with Crippen LogP contribution < -0.4 is 10.6 Å². The SMILES string of the molecule is COc1ccc2[nH]c(C)c(C=NN)c2c1. The summed E-state index contributed by atoms with van der Waals surface area (Å²) in [5.41, 5.74) is 3.11. The van der Waals surface area contributed by atoms with Crippen LogP contribution in [0.2, 0.25) is 0 Å². The fraction of sp³-hybridized carbons (Fsp3) is 0.182. The second kappa shape index (κ2) is 3.65. The maximum atomic E-state index is 5.18. The molecule has 0 amide bonds. The van der Waals surface area contributed by atoms with E-state index in [1.54, 1.807) is 13.3 Å². The van der Waals surface area contributed by atoms with Crippen molar-refractivity contribution in [2.45, 2.75) is 6.92 Å². The summed E-state index contributed by atoms with van der Waals surface area (Å²) in [5.74, 6) is 6.00. The van der Waals surface area contributed by atoms with Crippen molar-refractivity contribution in [3.63, 3.8) is 0 Å². The van der Waals surface area contributed by atoms with Crippen LogP contribution in [-0.4, -0.2) is 18.3 Å². The number of hydrogen-bond acceptors (Lipinski definition) is 3. The molecular formula is C11H13N3O. The number of aromatic nitrogens is 1. The molecule has 3 N–H and O–H groups in total. The average molecular weight is 203 g/mol. The minimum absolute atomic E-state index is 0.827. The molecular weight excluding hydrogens is 190 g/mol. The van der Waals surface area contributed by atoms with Crippen molar-refractivity contribution in [1.29, 1.82) is 0 Å². The van der Waals surface area contributed by atoms with Gasteiger partial charge in [-0.2, -0.15) is 5.10 Å². The molecule has 0 atom stereocenters. The van der Waals surface area contributed by atoms with Gasteiger partial charge in [-0.3, -0.25) is 0 Å². The third-order valence-electron chi connectivity index (χ3n) is 2.45. The lowest BCUT2D eigenvalue weighted by molar-refractivity contribution is 0.415. The van der Waals surface area contributed by atoms with E-state index in [1.165, 1.54) is 0 Å². The van der Waals surface area contributed by atoms with Crippen molar-refractivity contribution < 1.29 is 4.74 Å². The number of nitrogens with one attached hydrogen (secondary N) is 1. The van der Waals surface area contributed by atoms with E-state index < -0.39 is 0 Å². The molecule has 0 bridgehead atoms. The molecule has 0 unspecified atom stereocenters. The molecule has 15 heavy (non-hydrogen) atoms. The quantitative estimate of drug-likeness (QED) is 0.444. The van der Waals surface area contributed by atoms with Gasteiger partial charge in [0.2, 0.25) is 0 Å². The highest BCUT2D eigenvalue weighted by atomic mass is 16.5. The summed E-state index contributed by atoms with van der Waals surface area (Å²) < 4.78 is 5.18. The Kier molecular flexibility index (Phi) is 2.33. The third kappa shape index (κ3) is 1.54. The minimum atomic E-state index is 0.827. The van der Waals surface area contributed by atoms with Crippen molar-refractivity contribution in [3.05, 3.63) is 29.5 Å². The second-order valence-electron chi connectivity index (χ2n) is 3.35. The molecule has 4 nitrogen and oxygen atoms in total. The van der Waals surface area contributed by atoms with E-state index in [0.29, 0.717) is 0 Å². The lowest BCUT2D eigenvalue weighted by Crippen LogP contribution is -1.88. The molecule has 4 heteroatoms. The van der Waals surface area contributed by atoms with E-state index >= 15 is 0 Å². The Morgan fingerprint density at radius 1 is 1.47 bits per heavy atom. The van der Waals surface area contributed by atoms with E-state index in [-0.39, 0.29) is 0 Å². The van der Waals surface area contributed by atoms with Crippen molar-refractivity contribution in [2.24, 2.45) is 10.9 Å². The molecule has 0 saturated carbocycles. The molecule has 2 aromatic rings. The lowest BCUT2D eigenvalue weighted by Gasteiger charge is -1.99. The first-order valence-electron chi connectivity index (χ1n) is 4.66. The van der Waals surface area contributed by atoms with Crippen LogP contribution in [0.3, 0.4) is 0 Å². The van der Waals surface area contributed by atoms with Crippen LogP contribution in [0.1, 0.15) is 11.3 Å². The average Bonchev–Trinajstić information content (AvgIpc) is 2.55. The van der Waals surface area contributed by atoms with E-state index in [2.05, 4.69) is 10.1 Å². The summed E-state index contributed by atoms with van der Waals surface area (Å²) >= 11 is 0. The number of hydrogen-bond donors (Lipinski definition) is 2. The zero-order valence-corrected chi connectivity index (χ0v) is 8.74. The second-order valence-corrected chi connectivity index (χ2v) is 3.35. The Balaban J connectivity index is 2.71. The molecule has 1 heterocycles. The minimum Gasteiger partial charge on any atom is -0.497 e. The first kappa shape index (κ1) is 9.58. The van der Waals surface area contributed by atoms with Gasteiger partial charge in [-0.25, -0.2) is 0 Å². The van der Waals surface area contributed by atoms with Crippen LogP contribution >= 0.6 is 0 Å². The molecule has 78 valence electrons. The van der Waals surface area contributed by atoms with E-state index in [1.807, 2.05) is 25.1 Å². The van der Waals surface area contributed by atoms with Crippen molar-refractivity contribution >= 4 is 17.1 Å². The summed E-state index contributed by atoms with van der Waals surface area (Å²) in [6.07, 6.45) is 1.65. The molecule has 0 aliphatic carbocycles. The predicted octanol–water partition coefficient (Wildman–Crippen LogP) is 1.78. The van der Waals surface area contributed by atoms with Gasteiger partial charge in [-0.1, -0.05) is 0 Å². The monoisotopic (exact) mass is 203 g/mol. The molecule has 1 aromatic heterocycles. The fourth-order valence-electron chi connectivity index (χ4n) is 1.69. The molecule has 0 spiro atoms. The molecule has 0 aliphatic rings. The number of hydrazone groups is 1. The molecule has 1 aromatic carbocycles. The molecule has 0 aliphatic heterocycles. The zero-order valence-electron chi connectivity index (χ0n) is 8.74. The van der Waals surface area contributed by atoms with Gasteiger partial charge >= 0.3 is 0 Å². The summed E-state index contributed by atoms with van der Waals surface area (Å²) in [6, 6.07) is 5.87. The number of fused-ring (bicyclic) bond motifs is 1. The van der Waals surface area contributed by atoms with Crippen molar-refractivity contribution in [1.82, 2.24) is 4.98 Å². The Bertz CT molecular complexity index is 514. The molecule has 0 fully saturated rings. The number of H-pyrrole nitrogens is 1. The fourth-order valence-corrected chi connectivity index (χ4v) is 1.69. The normalized spacial score (nSPS) is 11.3. The highest BCUT2D eigenvalue weighted by molar-refractivity contribution is 6.01. The van der Waals surface area contributed by atoms with Gasteiger partial charge in [0, 0.05) is 22.2 Å². The van der Waals surface area contributed by atoms with Crippen LogP contribution in [0.25, 0.3) is 10.9 Å². The summed E-state index contributed by atoms with van der Waals surface area (Å²) in [5, 5.41) is 4.63. The molecule has 0 radical (unpaired) electrons. The van der Waals surface area contributed by atoms with Gasteiger partial charge in [0.15, 0.2) is 0 Å². The largest absolute Gasteiger partial charge is 0.497 e. The van der Waals surface area contributed by atoms with Crippen molar-refractivity contribution in [2.75, 3.05) is 7.11 Å². The van der Waals surface area contributed by atoms with Gasteiger partial charge in [0.1, 0.15) is 5.75 Å². The van der Waals surface area contributed by atoms with Gasteiger partial charge in [0.05, 0.1) is 13.3 Å². The summed E-state index contributed by atoms with van der Waals surface area (Å²) in [6.45, 7) is 1.99. The van der Waals surface area contributed by atoms with Crippen LogP contribution in [0.5, 0.6) is 5.75 Å². The van der Waals surface area contributed by atoms with Gasteiger partial charge < -0.3 is 15.6 Å². The maximum absolute atomic E-state index is 5.18. The summed E-state index contributed by atoms with van der Waals surface area (Å²) in [7, 11) is 1.65. The number of rotatable bonds is 2. The smallest absolute Gasteiger partial charge is 0.119 e. The highest BCUT2D eigenvalue weighted by Gasteiger charge is 2.06. The Hall–Kier alpha value is -1.97. The standard InChI is InChI=1S/C11H13N3O/c1-7-10(6-13-12)9-5-8(15-2)3-4-11(9)14-7/h3-6,14H,12H2,1-2H3. The lowest BCUT2D eigenvalue weighted by atomic mass is 10.1. The topological polar surface area (TPSA) is 63.4 Å². The first-order chi connectivity index (χ1) is 7.26. The first-order valence-corrected chi connectivity index (χ1v) is 4.66.